The van der Waals surface area contributed by atoms with Crippen molar-refractivity contribution in [1.29, 1.82) is 0 Å². The Morgan fingerprint density at radius 3 is 2.63 bits per heavy atom. The van der Waals surface area contributed by atoms with Crippen molar-refractivity contribution < 1.29 is 14.6 Å². The average molecular weight is 478 g/mol. The predicted molar refractivity (Wildman–Crippen MR) is 139 cm³/mol. The minimum absolute atomic E-state index is 0.371. The maximum Gasteiger partial charge on any atom is 0.227 e. The van der Waals surface area contributed by atoms with Crippen LogP contribution in [-0.4, -0.2) is 52.2 Å². The maximum absolute atomic E-state index is 10.7. The van der Waals surface area contributed by atoms with Gasteiger partial charge in [-0.1, -0.05) is 43.7 Å². The molecule has 4 rings (SSSR count). The Hall–Kier alpha value is -2.67. The van der Waals surface area contributed by atoms with Gasteiger partial charge in [0.05, 0.1) is 29.7 Å². The molecule has 1 aliphatic carbocycles. The highest BCUT2D eigenvalue weighted by Gasteiger charge is 2.28. The lowest BCUT2D eigenvalue weighted by Crippen LogP contribution is -2.36. The third-order valence-corrected chi connectivity index (χ3v) is 6.36. The van der Waals surface area contributed by atoms with E-state index in [2.05, 4.69) is 24.8 Å². The van der Waals surface area contributed by atoms with E-state index in [0.29, 0.717) is 32.2 Å². The Labute approximate surface area is 209 Å². The van der Waals surface area contributed by atoms with Crippen molar-refractivity contribution >= 4 is 0 Å². The molecule has 1 N–H and O–H groups in total. The quantitative estimate of drug-likeness (QED) is 0.303. The number of rotatable bonds is 14. The average Bonchev–Trinajstić information content (AvgIpc) is 3.61. The van der Waals surface area contributed by atoms with Gasteiger partial charge in [0, 0.05) is 26.2 Å². The van der Waals surface area contributed by atoms with E-state index in [1.54, 1.807) is 0 Å². The first-order valence-electron chi connectivity index (χ1n) is 12.9. The molecule has 1 atom stereocenters. The van der Waals surface area contributed by atoms with Gasteiger partial charge in [-0.2, -0.15) is 5.10 Å². The summed E-state index contributed by atoms with van der Waals surface area (Å²) >= 11 is 0. The number of benzene rings is 2. The zero-order chi connectivity index (χ0) is 24.6. The second-order valence-electron chi connectivity index (χ2n) is 9.75. The van der Waals surface area contributed by atoms with E-state index >= 15 is 0 Å². The number of aryl methyl sites for hydroxylation is 2. The van der Waals surface area contributed by atoms with Gasteiger partial charge >= 0.3 is 0 Å². The van der Waals surface area contributed by atoms with Crippen LogP contribution in [0.3, 0.4) is 0 Å². The molecule has 0 saturated heterocycles. The standard InChI is InChI=1S/C29H39N3O3/c1-4-5-16-34-21-26(33)19-31(18-24-14-15-24)20-28-23(3)30-32(25-11-7-6-8-12-25)29(28)35-27-13-9-10-22(2)17-27/h6-13,17,24,26,33H,4-5,14-16,18-21H2,1-3H3. The van der Waals surface area contributed by atoms with E-state index in [4.69, 9.17) is 14.6 Å². The lowest BCUT2D eigenvalue weighted by Gasteiger charge is -2.25. The highest BCUT2D eigenvalue weighted by atomic mass is 16.5. The van der Waals surface area contributed by atoms with Crippen molar-refractivity contribution in [3.63, 3.8) is 0 Å². The van der Waals surface area contributed by atoms with Crippen LogP contribution in [0.2, 0.25) is 0 Å². The molecule has 2 aromatic carbocycles. The number of hydrogen-bond acceptors (Lipinski definition) is 5. The van der Waals surface area contributed by atoms with Gasteiger partial charge in [0.25, 0.3) is 0 Å². The van der Waals surface area contributed by atoms with E-state index < -0.39 is 6.10 Å². The van der Waals surface area contributed by atoms with Crippen molar-refractivity contribution in [3.8, 4) is 17.3 Å². The molecule has 1 aromatic heterocycles. The van der Waals surface area contributed by atoms with E-state index in [0.717, 1.165) is 53.5 Å². The Bertz CT molecular complexity index is 1060. The number of para-hydroxylation sites is 1. The van der Waals surface area contributed by atoms with Crippen LogP contribution >= 0.6 is 0 Å². The van der Waals surface area contributed by atoms with E-state index in [9.17, 15) is 5.11 Å². The second kappa shape index (κ2) is 12.3. The van der Waals surface area contributed by atoms with Crippen LogP contribution in [0.1, 0.15) is 49.4 Å². The van der Waals surface area contributed by atoms with Gasteiger partial charge in [0.1, 0.15) is 5.75 Å². The molecule has 0 bridgehead atoms. The zero-order valence-electron chi connectivity index (χ0n) is 21.3. The minimum atomic E-state index is -0.517. The van der Waals surface area contributed by atoms with Crippen LogP contribution < -0.4 is 4.74 Å². The third kappa shape index (κ3) is 7.40. The first kappa shape index (κ1) is 25.4. The number of aliphatic hydroxyl groups is 1. The summed E-state index contributed by atoms with van der Waals surface area (Å²) in [5.41, 5.74) is 4.09. The summed E-state index contributed by atoms with van der Waals surface area (Å²) in [7, 11) is 0. The summed E-state index contributed by atoms with van der Waals surface area (Å²) in [4.78, 5) is 2.34. The minimum Gasteiger partial charge on any atom is -0.439 e. The molecular formula is C29H39N3O3. The molecule has 1 aliphatic rings. The smallest absolute Gasteiger partial charge is 0.227 e. The summed E-state index contributed by atoms with van der Waals surface area (Å²) in [5, 5.41) is 15.6. The normalized spacial score (nSPS) is 14.4. The molecule has 35 heavy (non-hydrogen) atoms. The molecule has 1 heterocycles. The van der Waals surface area contributed by atoms with Gasteiger partial charge in [-0.15, -0.1) is 0 Å². The van der Waals surface area contributed by atoms with Crippen LogP contribution in [0.4, 0.5) is 0 Å². The number of ether oxygens (including phenoxy) is 2. The summed E-state index contributed by atoms with van der Waals surface area (Å²) in [6.07, 6.45) is 4.12. The molecule has 3 aromatic rings. The predicted octanol–water partition coefficient (Wildman–Crippen LogP) is 5.67. The van der Waals surface area contributed by atoms with Crippen molar-refractivity contribution in [2.24, 2.45) is 5.92 Å². The lowest BCUT2D eigenvalue weighted by atomic mass is 10.2. The van der Waals surface area contributed by atoms with Crippen LogP contribution in [-0.2, 0) is 11.3 Å². The highest BCUT2D eigenvalue weighted by Crippen LogP contribution is 2.34. The fraction of sp³-hybridized carbons (Fsp3) is 0.483. The number of aromatic nitrogens is 2. The Morgan fingerprint density at radius 1 is 1.11 bits per heavy atom. The Morgan fingerprint density at radius 2 is 1.91 bits per heavy atom. The largest absolute Gasteiger partial charge is 0.439 e. The fourth-order valence-corrected chi connectivity index (χ4v) is 4.27. The van der Waals surface area contributed by atoms with E-state index in [-0.39, 0.29) is 0 Å². The van der Waals surface area contributed by atoms with Crippen LogP contribution in [0, 0.1) is 19.8 Å². The van der Waals surface area contributed by atoms with Gasteiger partial charge in [0.2, 0.25) is 5.88 Å². The fourth-order valence-electron chi connectivity index (χ4n) is 4.27. The Balaban J connectivity index is 1.59. The molecule has 6 heteroatoms. The van der Waals surface area contributed by atoms with E-state index in [1.807, 2.05) is 60.1 Å². The summed E-state index contributed by atoms with van der Waals surface area (Å²) in [6, 6.07) is 18.2. The van der Waals surface area contributed by atoms with Gasteiger partial charge in [0.15, 0.2) is 0 Å². The Kier molecular flexibility index (Phi) is 8.96. The van der Waals surface area contributed by atoms with Gasteiger partial charge in [-0.3, -0.25) is 4.90 Å². The molecule has 0 aliphatic heterocycles. The highest BCUT2D eigenvalue weighted by molar-refractivity contribution is 5.43. The lowest BCUT2D eigenvalue weighted by molar-refractivity contribution is 0.0134. The number of aliphatic hydroxyl groups excluding tert-OH is 1. The van der Waals surface area contributed by atoms with Gasteiger partial charge in [-0.25, -0.2) is 4.68 Å². The maximum atomic E-state index is 10.7. The molecule has 6 nitrogen and oxygen atoms in total. The van der Waals surface area contributed by atoms with Crippen molar-refractivity contribution in [1.82, 2.24) is 14.7 Å². The summed E-state index contributed by atoms with van der Waals surface area (Å²) in [6.45, 7) is 9.53. The monoisotopic (exact) mass is 477 g/mol. The molecule has 0 spiro atoms. The SMILES string of the molecule is CCCCOCC(O)CN(Cc1c(C)nn(-c2ccccc2)c1Oc1cccc(C)c1)CC1CC1. The van der Waals surface area contributed by atoms with Crippen molar-refractivity contribution in [3.05, 3.63) is 71.4 Å². The second-order valence-corrected chi connectivity index (χ2v) is 9.75. The number of hydrogen-bond donors (Lipinski definition) is 1. The summed E-state index contributed by atoms with van der Waals surface area (Å²) < 4.78 is 14.1. The first-order chi connectivity index (χ1) is 17.0. The summed E-state index contributed by atoms with van der Waals surface area (Å²) in [5.74, 6) is 2.23. The van der Waals surface area contributed by atoms with E-state index in [1.165, 1.54) is 12.8 Å². The van der Waals surface area contributed by atoms with Gasteiger partial charge < -0.3 is 14.6 Å². The zero-order valence-corrected chi connectivity index (χ0v) is 21.3. The first-order valence-corrected chi connectivity index (χ1v) is 12.9. The molecule has 1 fully saturated rings. The molecule has 1 unspecified atom stereocenters. The third-order valence-electron chi connectivity index (χ3n) is 6.36. The molecule has 0 radical (unpaired) electrons. The van der Waals surface area contributed by atoms with Gasteiger partial charge in [-0.05, 0) is 68.9 Å². The molecular weight excluding hydrogens is 438 g/mol. The molecule has 188 valence electrons. The number of nitrogens with zero attached hydrogens (tertiary/aromatic N) is 3. The van der Waals surface area contributed by atoms with Crippen LogP contribution in [0.25, 0.3) is 5.69 Å². The molecule has 0 amide bonds. The van der Waals surface area contributed by atoms with Crippen LogP contribution in [0.15, 0.2) is 54.6 Å². The van der Waals surface area contributed by atoms with Crippen LogP contribution in [0.5, 0.6) is 11.6 Å². The number of unbranched alkanes of at least 4 members (excludes halogenated alkanes) is 1. The topological polar surface area (TPSA) is 59.8 Å². The van der Waals surface area contributed by atoms with Crippen molar-refractivity contribution in [2.45, 2.75) is 59.1 Å². The van der Waals surface area contributed by atoms with Crippen molar-refractivity contribution in [2.75, 3.05) is 26.3 Å². The molecule has 1 saturated carbocycles.